The third kappa shape index (κ3) is 2.32. The number of fused-ring (bicyclic) bond motifs is 2. The minimum absolute atomic E-state index is 0.0668. The molecule has 1 aliphatic rings. The van der Waals surface area contributed by atoms with E-state index in [1.807, 2.05) is 0 Å². The van der Waals surface area contributed by atoms with Crippen LogP contribution < -0.4 is 5.43 Å². The van der Waals surface area contributed by atoms with Gasteiger partial charge in [0.1, 0.15) is 16.9 Å². The molecule has 3 rings (SSSR count). The molecule has 1 aromatic carbocycles. The minimum atomic E-state index is -1.49. The van der Waals surface area contributed by atoms with Gasteiger partial charge in [-0.3, -0.25) is 4.79 Å². The Morgan fingerprint density at radius 2 is 2.09 bits per heavy atom. The first-order valence-corrected chi connectivity index (χ1v) is 6.73. The first kappa shape index (κ1) is 15.3. The van der Waals surface area contributed by atoms with Gasteiger partial charge >= 0.3 is 5.97 Å². The summed E-state index contributed by atoms with van der Waals surface area (Å²) in [4.78, 5) is 24.5. The number of rotatable bonds is 1. The maximum atomic E-state index is 12.7. The van der Waals surface area contributed by atoms with Crippen molar-refractivity contribution >= 4 is 16.9 Å². The third-order valence-corrected chi connectivity index (χ3v) is 3.72. The third-order valence-electron chi connectivity index (χ3n) is 3.72. The van der Waals surface area contributed by atoms with Crippen molar-refractivity contribution < 1.29 is 34.0 Å². The van der Waals surface area contributed by atoms with Gasteiger partial charge in [-0.1, -0.05) is 0 Å². The van der Waals surface area contributed by atoms with Crippen LogP contribution >= 0.6 is 0 Å². The Labute approximate surface area is 129 Å². The van der Waals surface area contributed by atoms with Crippen LogP contribution in [0.25, 0.3) is 11.0 Å². The van der Waals surface area contributed by atoms with Crippen LogP contribution in [0, 0.1) is 0 Å². The van der Waals surface area contributed by atoms with Crippen LogP contribution in [0.3, 0.4) is 0 Å². The van der Waals surface area contributed by atoms with E-state index in [9.17, 15) is 24.9 Å². The van der Waals surface area contributed by atoms with Gasteiger partial charge in [-0.15, -0.1) is 0 Å². The minimum Gasteiger partial charge on any atom is -0.504 e. The molecule has 1 unspecified atom stereocenters. The molecule has 1 atom stereocenters. The molecule has 0 saturated carbocycles. The number of methoxy groups -OCH3 is 1. The average molecular weight is 322 g/mol. The molecule has 0 fully saturated rings. The van der Waals surface area contributed by atoms with E-state index in [-0.39, 0.29) is 35.3 Å². The average Bonchev–Trinajstić information content (AvgIpc) is 2.47. The number of phenols is 2. The van der Waals surface area contributed by atoms with Gasteiger partial charge in [0.15, 0.2) is 22.7 Å². The fourth-order valence-corrected chi connectivity index (χ4v) is 2.58. The molecular formula is C15H14O8. The van der Waals surface area contributed by atoms with E-state index < -0.39 is 34.2 Å². The van der Waals surface area contributed by atoms with E-state index in [2.05, 4.69) is 4.74 Å². The molecule has 1 aliphatic heterocycles. The molecule has 0 spiro atoms. The second-order valence-corrected chi connectivity index (χ2v) is 5.46. The Morgan fingerprint density at radius 1 is 1.39 bits per heavy atom. The number of hydrogen-bond donors (Lipinski definition) is 3. The summed E-state index contributed by atoms with van der Waals surface area (Å²) >= 11 is 0. The molecule has 122 valence electrons. The van der Waals surface area contributed by atoms with Gasteiger partial charge in [-0.2, -0.15) is 0 Å². The zero-order valence-corrected chi connectivity index (χ0v) is 12.4. The fraction of sp³-hybridized carbons (Fsp3) is 0.333. The van der Waals surface area contributed by atoms with Crippen molar-refractivity contribution in [2.45, 2.75) is 25.7 Å². The quantitative estimate of drug-likeness (QED) is 0.519. The summed E-state index contributed by atoms with van der Waals surface area (Å²) in [6.45, 7) is 1.22. The van der Waals surface area contributed by atoms with Gasteiger partial charge in [0.2, 0.25) is 0 Å². The van der Waals surface area contributed by atoms with Crippen LogP contribution in [0.5, 0.6) is 11.5 Å². The highest BCUT2D eigenvalue weighted by Gasteiger charge is 2.34. The molecule has 1 aromatic heterocycles. The van der Waals surface area contributed by atoms with Crippen LogP contribution in [0.2, 0.25) is 0 Å². The lowest BCUT2D eigenvalue weighted by Gasteiger charge is -2.28. The van der Waals surface area contributed by atoms with E-state index in [1.165, 1.54) is 6.92 Å². The molecule has 0 aliphatic carbocycles. The molecule has 0 bridgehead atoms. The highest BCUT2D eigenvalue weighted by Crippen LogP contribution is 2.37. The molecule has 8 heteroatoms. The predicted molar refractivity (Wildman–Crippen MR) is 76.3 cm³/mol. The molecule has 0 saturated heterocycles. The molecule has 8 nitrogen and oxygen atoms in total. The summed E-state index contributed by atoms with van der Waals surface area (Å²) in [7, 11) is 1.08. The number of carbonyl (C=O) groups excluding carboxylic acids is 1. The monoisotopic (exact) mass is 322 g/mol. The summed E-state index contributed by atoms with van der Waals surface area (Å²) in [5, 5.41) is 29.4. The zero-order valence-electron chi connectivity index (χ0n) is 12.4. The highest BCUT2D eigenvalue weighted by molar-refractivity contribution is 6.06. The molecule has 3 N–H and O–H groups in total. The van der Waals surface area contributed by atoms with Crippen molar-refractivity contribution in [3.05, 3.63) is 33.2 Å². The standard InChI is InChI=1S/C15H14O8/c1-15(20)4-9-6(5-22-15)12(17)10-8(23-9)3-7(16)13(18)11(10)14(19)21-2/h3,16,18,20H,4-5H2,1-2H3. The lowest BCUT2D eigenvalue weighted by Crippen LogP contribution is -2.37. The van der Waals surface area contributed by atoms with E-state index in [0.29, 0.717) is 0 Å². The molecule has 2 aromatic rings. The smallest absolute Gasteiger partial charge is 0.342 e. The number of aliphatic hydroxyl groups is 1. The SMILES string of the molecule is COC(=O)c1c(O)c(O)cc2oc3c(c(=O)c12)COC(C)(O)C3. The summed E-state index contributed by atoms with van der Waals surface area (Å²) in [6, 6.07) is 1.03. The first-order valence-electron chi connectivity index (χ1n) is 6.73. The van der Waals surface area contributed by atoms with Crippen LogP contribution in [-0.2, 0) is 22.5 Å². The van der Waals surface area contributed by atoms with Crippen molar-refractivity contribution in [1.29, 1.82) is 0 Å². The van der Waals surface area contributed by atoms with E-state index >= 15 is 0 Å². The lowest BCUT2D eigenvalue weighted by molar-refractivity contribution is -0.207. The molecule has 0 amide bonds. The van der Waals surface area contributed by atoms with Crippen molar-refractivity contribution in [3.63, 3.8) is 0 Å². The number of ether oxygens (including phenoxy) is 2. The molecular weight excluding hydrogens is 308 g/mol. The largest absolute Gasteiger partial charge is 0.504 e. The Bertz CT molecular complexity index is 877. The van der Waals surface area contributed by atoms with Crippen LogP contribution in [0.1, 0.15) is 28.6 Å². The van der Waals surface area contributed by atoms with Gasteiger partial charge in [0.25, 0.3) is 0 Å². The van der Waals surface area contributed by atoms with Gasteiger partial charge in [0.05, 0.1) is 31.1 Å². The Balaban J connectivity index is 2.40. The summed E-state index contributed by atoms with van der Waals surface area (Å²) < 4.78 is 15.3. The van der Waals surface area contributed by atoms with E-state index in [1.54, 1.807) is 0 Å². The number of esters is 1. The van der Waals surface area contributed by atoms with Crippen LogP contribution in [-0.4, -0.2) is 34.2 Å². The topological polar surface area (TPSA) is 126 Å². The van der Waals surface area contributed by atoms with Crippen LogP contribution in [0.4, 0.5) is 0 Å². The Kier molecular flexibility index (Phi) is 3.31. The summed E-state index contributed by atoms with van der Waals surface area (Å²) in [6.07, 6.45) is -0.0668. The van der Waals surface area contributed by atoms with Crippen molar-refractivity contribution in [2.24, 2.45) is 0 Å². The molecule has 0 radical (unpaired) electrons. The predicted octanol–water partition coefficient (Wildman–Crippen LogP) is 0.772. The molecule has 2 heterocycles. The van der Waals surface area contributed by atoms with Crippen molar-refractivity contribution in [3.8, 4) is 11.5 Å². The van der Waals surface area contributed by atoms with Crippen molar-refractivity contribution in [2.75, 3.05) is 7.11 Å². The number of phenolic OH excluding ortho intramolecular Hbond substituents is 2. The number of carbonyl (C=O) groups is 1. The Hall–Kier alpha value is -2.58. The van der Waals surface area contributed by atoms with Gasteiger partial charge in [-0.05, 0) is 6.92 Å². The summed E-state index contributed by atoms with van der Waals surface area (Å²) in [5.41, 5.74) is -1.02. The Morgan fingerprint density at radius 3 is 2.74 bits per heavy atom. The number of hydrogen-bond acceptors (Lipinski definition) is 8. The number of benzene rings is 1. The van der Waals surface area contributed by atoms with E-state index in [4.69, 9.17) is 9.15 Å². The van der Waals surface area contributed by atoms with Gasteiger partial charge in [-0.25, -0.2) is 4.79 Å². The maximum Gasteiger partial charge on any atom is 0.342 e. The van der Waals surface area contributed by atoms with Crippen LogP contribution in [0.15, 0.2) is 15.3 Å². The highest BCUT2D eigenvalue weighted by atomic mass is 16.6. The van der Waals surface area contributed by atoms with Crippen molar-refractivity contribution in [1.82, 2.24) is 0 Å². The normalized spacial score (nSPS) is 20.3. The lowest BCUT2D eigenvalue weighted by atomic mass is 9.99. The molecule has 23 heavy (non-hydrogen) atoms. The maximum absolute atomic E-state index is 12.7. The second kappa shape index (κ2) is 4.97. The zero-order chi connectivity index (χ0) is 16.9. The summed E-state index contributed by atoms with van der Waals surface area (Å²) in [5.74, 6) is -3.67. The van der Waals surface area contributed by atoms with E-state index in [0.717, 1.165) is 13.2 Å². The first-order chi connectivity index (χ1) is 10.7. The fourth-order valence-electron chi connectivity index (χ4n) is 2.58. The number of aromatic hydroxyl groups is 2. The van der Waals surface area contributed by atoms with Gasteiger partial charge < -0.3 is 29.2 Å². The van der Waals surface area contributed by atoms with Gasteiger partial charge in [0, 0.05) is 6.07 Å². The second-order valence-electron chi connectivity index (χ2n) is 5.46.